The Balaban J connectivity index is 0.00000330. The van der Waals surface area contributed by atoms with Crippen LogP contribution in [0.1, 0.15) is 89.3 Å². The quantitative estimate of drug-likeness (QED) is 0.115. The van der Waals surface area contributed by atoms with E-state index in [2.05, 4.69) is 71.4 Å². The highest BCUT2D eigenvalue weighted by Gasteiger charge is 2.42. The first-order chi connectivity index (χ1) is 21.0. The summed E-state index contributed by atoms with van der Waals surface area (Å²) in [6.45, 7) is 22.3. The smallest absolute Gasteiger partial charge is 0.415 e. The summed E-state index contributed by atoms with van der Waals surface area (Å²) in [6, 6.07) is 6.31. The zero-order valence-electron chi connectivity index (χ0n) is 27.8. The Bertz CT molecular complexity index is 1300. The number of carboxylic acids is 1. The van der Waals surface area contributed by atoms with Crippen LogP contribution in [0.15, 0.2) is 66.2 Å². The first-order valence-corrected chi connectivity index (χ1v) is 16.4. The number of benzene rings is 1. The number of hydrogen-bond donors (Lipinski definition) is 1. The summed E-state index contributed by atoms with van der Waals surface area (Å²) in [5.74, 6) is -0.496. The van der Waals surface area contributed by atoms with Gasteiger partial charge >= 0.3 is 12.1 Å². The molecule has 1 aliphatic heterocycles. The molecule has 0 bridgehead atoms. The van der Waals surface area contributed by atoms with Crippen LogP contribution in [0.4, 0.5) is 10.5 Å². The van der Waals surface area contributed by atoms with Gasteiger partial charge in [-0.25, -0.2) is 9.59 Å². The molecule has 0 aliphatic carbocycles. The van der Waals surface area contributed by atoms with Gasteiger partial charge in [-0.3, -0.25) is 14.5 Å². The molecule has 1 aliphatic rings. The summed E-state index contributed by atoms with van der Waals surface area (Å²) in [4.78, 5) is 27.9. The van der Waals surface area contributed by atoms with E-state index in [4.69, 9.17) is 14.9 Å². The van der Waals surface area contributed by atoms with Crippen molar-refractivity contribution < 1.29 is 19.4 Å². The number of carbonyl (C=O) groups excluding carboxylic acids is 1. The lowest BCUT2D eigenvalue weighted by Gasteiger charge is -2.27. The number of amides is 1. The monoisotopic (exact) mass is 624 g/mol. The normalized spacial score (nSPS) is 17.1. The Labute approximate surface area is 267 Å². The minimum Gasteiger partial charge on any atom is -0.478 e. The molecule has 1 fully saturated rings. The third kappa shape index (κ3) is 10.7. The second kappa shape index (κ2) is 17.9. The minimum absolute atomic E-state index is 0.184. The Morgan fingerprint density at radius 3 is 2.48 bits per heavy atom. The van der Waals surface area contributed by atoms with Crippen LogP contribution < -0.4 is 4.90 Å². The Kier molecular flexibility index (Phi) is 15.1. The molecule has 2 atom stereocenters. The molecule has 2 aromatic rings. The van der Waals surface area contributed by atoms with Crippen molar-refractivity contribution in [2.45, 2.75) is 92.8 Å². The van der Waals surface area contributed by atoms with Crippen molar-refractivity contribution in [2.75, 3.05) is 24.5 Å². The van der Waals surface area contributed by atoms with E-state index >= 15 is 0 Å². The molecule has 1 aromatic heterocycles. The topological polar surface area (TPSA) is 87.9 Å². The number of rotatable bonds is 16. The number of carbonyl (C=O) groups is 2. The molecule has 44 heavy (non-hydrogen) atoms. The molecule has 1 N–H and O–H groups in total. The molecule has 0 radical (unpaired) electrons. The van der Waals surface area contributed by atoms with Gasteiger partial charge in [-0.05, 0) is 67.4 Å². The van der Waals surface area contributed by atoms with Crippen LogP contribution in [0.2, 0.25) is 0 Å². The summed E-state index contributed by atoms with van der Waals surface area (Å²) < 4.78 is 7.90. The van der Waals surface area contributed by atoms with Gasteiger partial charge in [0.05, 0.1) is 17.8 Å². The Morgan fingerprint density at radius 1 is 1.23 bits per heavy atom. The molecular formula is C35H53N4O4P. The van der Waals surface area contributed by atoms with Crippen molar-refractivity contribution >= 4 is 27.0 Å². The molecule has 3 rings (SSSR count). The summed E-state index contributed by atoms with van der Waals surface area (Å²) in [5, 5.41) is 15.4. The SMILES string of the molecule is C=C/C(CC)=C(/P)C/C=C\Cc1nn(CC(C)C)cc1CN(CC)CCC1(C)CN(c2ccc(C(=O)O)cc2)C(=O)O1.CC. The molecule has 1 saturated heterocycles. The molecule has 2 heterocycles. The third-order valence-electron chi connectivity index (χ3n) is 7.60. The van der Waals surface area contributed by atoms with Gasteiger partial charge in [0, 0.05) is 49.9 Å². The second-order valence-electron chi connectivity index (χ2n) is 11.6. The molecule has 0 spiro atoms. The van der Waals surface area contributed by atoms with E-state index in [-0.39, 0.29) is 5.56 Å². The number of allylic oxidation sites excluding steroid dienone is 5. The predicted octanol–water partition coefficient (Wildman–Crippen LogP) is 8.11. The molecule has 1 aromatic carbocycles. The maximum absolute atomic E-state index is 12.7. The van der Waals surface area contributed by atoms with E-state index in [1.54, 1.807) is 17.0 Å². The molecule has 9 heteroatoms. The van der Waals surface area contributed by atoms with Crippen LogP contribution in [-0.4, -0.2) is 57.1 Å². The molecular weight excluding hydrogens is 571 g/mol. The van der Waals surface area contributed by atoms with Crippen molar-refractivity contribution in [1.82, 2.24) is 14.7 Å². The van der Waals surface area contributed by atoms with Crippen LogP contribution in [0.3, 0.4) is 0 Å². The van der Waals surface area contributed by atoms with Crippen molar-refractivity contribution in [2.24, 2.45) is 5.92 Å². The van der Waals surface area contributed by atoms with Gasteiger partial charge in [-0.1, -0.05) is 66.3 Å². The number of ether oxygens (including phenoxy) is 1. The van der Waals surface area contributed by atoms with Crippen molar-refractivity contribution in [3.63, 3.8) is 0 Å². The summed E-state index contributed by atoms with van der Waals surface area (Å²) in [7, 11) is 2.85. The third-order valence-corrected chi connectivity index (χ3v) is 8.21. The first-order valence-electron chi connectivity index (χ1n) is 15.8. The van der Waals surface area contributed by atoms with E-state index < -0.39 is 17.7 Å². The van der Waals surface area contributed by atoms with Gasteiger partial charge in [0.1, 0.15) is 5.60 Å². The number of carboxylic acid groups (broad SMARTS) is 1. The zero-order chi connectivity index (χ0) is 32.9. The lowest BCUT2D eigenvalue weighted by Crippen LogP contribution is -2.36. The number of cyclic esters (lactones) is 1. The van der Waals surface area contributed by atoms with Gasteiger partial charge in [-0.2, -0.15) is 5.10 Å². The van der Waals surface area contributed by atoms with E-state index in [1.807, 2.05) is 26.8 Å². The lowest BCUT2D eigenvalue weighted by molar-refractivity contribution is 0.0547. The van der Waals surface area contributed by atoms with E-state index in [0.29, 0.717) is 24.6 Å². The van der Waals surface area contributed by atoms with Crippen LogP contribution in [0.25, 0.3) is 0 Å². The van der Waals surface area contributed by atoms with Crippen molar-refractivity contribution in [3.8, 4) is 0 Å². The number of nitrogens with zero attached hydrogens (tertiary/aromatic N) is 4. The van der Waals surface area contributed by atoms with Gasteiger partial charge in [-0.15, -0.1) is 9.24 Å². The number of hydrogen-bond acceptors (Lipinski definition) is 5. The van der Waals surface area contributed by atoms with E-state index in [0.717, 1.165) is 51.1 Å². The summed E-state index contributed by atoms with van der Waals surface area (Å²) in [5.41, 5.74) is 3.76. The predicted molar refractivity (Wildman–Crippen MR) is 184 cm³/mol. The highest BCUT2D eigenvalue weighted by molar-refractivity contribution is 7.22. The minimum atomic E-state index is -0.996. The largest absolute Gasteiger partial charge is 0.478 e. The Hall–Kier alpha value is -3.22. The first kappa shape index (κ1) is 37.0. The maximum Gasteiger partial charge on any atom is 0.415 e. The average molecular weight is 625 g/mol. The number of aromatic carboxylic acids is 1. The van der Waals surface area contributed by atoms with Gasteiger partial charge in [0.15, 0.2) is 0 Å². The van der Waals surface area contributed by atoms with Crippen LogP contribution in [-0.2, 0) is 24.2 Å². The van der Waals surface area contributed by atoms with Crippen LogP contribution in [0.5, 0.6) is 0 Å². The summed E-state index contributed by atoms with van der Waals surface area (Å²) in [6.07, 6.45) is 11.4. The number of aromatic nitrogens is 2. The highest BCUT2D eigenvalue weighted by Crippen LogP contribution is 2.31. The lowest BCUT2D eigenvalue weighted by atomic mass is 10.0. The fourth-order valence-electron chi connectivity index (χ4n) is 5.11. The molecule has 1 amide bonds. The maximum atomic E-state index is 12.7. The van der Waals surface area contributed by atoms with Gasteiger partial charge in [0.25, 0.3) is 0 Å². The van der Waals surface area contributed by atoms with Crippen LogP contribution >= 0.6 is 9.24 Å². The molecule has 8 nitrogen and oxygen atoms in total. The van der Waals surface area contributed by atoms with Crippen molar-refractivity contribution in [1.29, 1.82) is 0 Å². The molecule has 0 saturated carbocycles. The number of anilines is 1. The van der Waals surface area contributed by atoms with Gasteiger partial charge in [0.2, 0.25) is 0 Å². The van der Waals surface area contributed by atoms with Crippen molar-refractivity contribution in [3.05, 3.63) is 83.0 Å². The zero-order valence-corrected chi connectivity index (χ0v) is 29.0. The fourth-order valence-corrected chi connectivity index (χ4v) is 5.56. The fraction of sp³-hybridized carbons (Fsp3) is 0.514. The van der Waals surface area contributed by atoms with E-state index in [9.17, 15) is 9.59 Å². The molecule has 242 valence electrons. The molecule has 2 unspecified atom stereocenters. The summed E-state index contributed by atoms with van der Waals surface area (Å²) >= 11 is 0. The van der Waals surface area contributed by atoms with Gasteiger partial charge < -0.3 is 9.84 Å². The second-order valence-corrected chi connectivity index (χ2v) is 12.3. The Morgan fingerprint density at radius 2 is 1.91 bits per heavy atom. The van der Waals surface area contributed by atoms with E-state index in [1.165, 1.54) is 28.6 Å². The highest BCUT2D eigenvalue weighted by atomic mass is 31.0. The average Bonchev–Trinajstić information content (AvgIpc) is 3.52. The van der Waals surface area contributed by atoms with Crippen LogP contribution in [0, 0.1) is 5.92 Å². The standard InChI is InChI=1S/C33H47N4O4P.C2H6/c1-7-25(8-2)30(42)13-11-10-12-29-27(22-36(34-29)20-24(4)5)21-35(9-3)19-18-33(6)23-37(32(40)41-33)28-16-14-26(15-17-28)31(38)39;1-2/h7,10-11,14-17,22,24H,1,8-9,12-13,18-21,23,42H2,2-6H3,(H,38,39);1-2H3/b11-10-,30-25-;.